The smallest absolute Gasteiger partial charge is 0.251 e. The number of halogens is 1. The summed E-state index contributed by atoms with van der Waals surface area (Å²) < 4.78 is 27.1. The zero-order chi connectivity index (χ0) is 17.9. The fourth-order valence-electron chi connectivity index (χ4n) is 2.77. The minimum atomic E-state index is -3.68. The molecule has 1 N–H and O–H groups in total. The highest BCUT2D eigenvalue weighted by molar-refractivity contribution is 7.89. The van der Waals surface area contributed by atoms with E-state index in [1.807, 2.05) is 17.5 Å². The van der Waals surface area contributed by atoms with Crippen molar-refractivity contribution in [1.82, 2.24) is 9.62 Å². The number of hydrogen-bond acceptors (Lipinski definition) is 4. The summed E-state index contributed by atoms with van der Waals surface area (Å²) in [6.07, 6.45) is 2.72. The normalized spacial score (nSPS) is 15.9. The lowest BCUT2D eigenvalue weighted by molar-refractivity contribution is 0.0951. The number of nitrogens with zero attached hydrogens (tertiary/aromatic N) is 1. The van der Waals surface area contributed by atoms with Gasteiger partial charge in [-0.2, -0.15) is 4.31 Å². The number of benzene rings is 1. The molecule has 5 nitrogen and oxygen atoms in total. The highest BCUT2D eigenvalue weighted by atomic mass is 35.5. The van der Waals surface area contributed by atoms with Gasteiger partial charge in [-0.25, -0.2) is 8.42 Å². The van der Waals surface area contributed by atoms with Crippen molar-refractivity contribution < 1.29 is 13.2 Å². The van der Waals surface area contributed by atoms with Gasteiger partial charge in [-0.15, -0.1) is 11.3 Å². The number of piperidine rings is 1. The van der Waals surface area contributed by atoms with Crippen molar-refractivity contribution in [2.75, 3.05) is 13.1 Å². The lowest BCUT2D eigenvalue weighted by atomic mass is 10.2. The van der Waals surface area contributed by atoms with Gasteiger partial charge in [0.25, 0.3) is 5.91 Å². The van der Waals surface area contributed by atoms with Gasteiger partial charge in [-0.1, -0.05) is 24.1 Å². The van der Waals surface area contributed by atoms with Crippen LogP contribution in [0.15, 0.2) is 40.6 Å². The highest BCUT2D eigenvalue weighted by Gasteiger charge is 2.28. The molecule has 0 aliphatic carbocycles. The van der Waals surface area contributed by atoms with Gasteiger partial charge in [0, 0.05) is 23.5 Å². The van der Waals surface area contributed by atoms with E-state index in [0.717, 1.165) is 24.1 Å². The average Bonchev–Trinajstić information content (AvgIpc) is 3.14. The van der Waals surface area contributed by atoms with E-state index < -0.39 is 10.0 Å². The van der Waals surface area contributed by atoms with E-state index in [1.165, 1.54) is 16.4 Å². The summed E-state index contributed by atoms with van der Waals surface area (Å²) in [6.45, 7) is 1.40. The Morgan fingerprint density at radius 2 is 1.96 bits per heavy atom. The molecule has 1 saturated heterocycles. The SMILES string of the molecule is O=C(NCc1cccs1)c1ccc(Cl)c(S(=O)(=O)N2CCCCC2)c1. The molecule has 1 aliphatic heterocycles. The largest absolute Gasteiger partial charge is 0.347 e. The highest BCUT2D eigenvalue weighted by Crippen LogP contribution is 2.28. The van der Waals surface area contributed by atoms with E-state index in [-0.39, 0.29) is 21.4 Å². The van der Waals surface area contributed by atoms with Gasteiger partial charge in [0.1, 0.15) is 4.90 Å². The zero-order valence-electron chi connectivity index (χ0n) is 13.6. The van der Waals surface area contributed by atoms with Crippen LogP contribution in [0.1, 0.15) is 34.5 Å². The Kier molecular flexibility index (Phi) is 5.78. The summed E-state index contributed by atoms with van der Waals surface area (Å²) in [7, 11) is -3.68. The summed E-state index contributed by atoms with van der Waals surface area (Å²) in [5.74, 6) is -0.319. The van der Waals surface area contributed by atoms with Crippen molar-refractivity contribution in [2.45, 2.75) is 30.7 Å². The molecule has 3 rings (SSSR count). The van der Waals surface area contributed by atoms with Crippen LogP contribution in [-0.2, 0) is 16.6 Å². The van der Waals surface area contributed by atoms with Crippen LogP contribution in [0.25, 0.3) is 0 Å². The molecule has 1 aliphatic rings. The van der Waals surface area contributed by atoms with Crippen LogP contribution in [0.5, 0.6) is 0 Å². The predicted molar refractivity (Wildman–Crippen MR) is 99.6 cm³/mol. The van der Waals surface area contributed by atoms with E-state index in [1.54, 1.807) is 17.4 Å². The second-order valence-corrected chi connectivity index (χ2v) is 9.22. The Labute approximate surface area is 156 Å². The van der Waals surface area contributed by atoms with Gasteiger partial charge in [0.15, 0.2) is 0 Å². The quantitative estimate of drug-likeness (QED) is 0.838. The molecular weight excluding hydrogens is 380 g/mol. The molecule has 25 heavy (non-hydrogen) atoms. The maximum absolute atomic E-state index is 12.8. The number of nitrogens with one attached hydrogen (secondary N) is 1. The number of rotatable bonds is 5. The standard InChI is InChI=1S/C17H19ClN2O3S2/c18-15-7-6-13(17(21)19-12-14-5-4-10-24-14)11-16(15)25(22,23)20-8-2-1-3-9-20/h4-7,10-11H,1-3,8-9,12H2,(H,19,21). The average molecular weight is 399 g/mol. The van der Waals surface area contributed by atoms with E-state index in [0.29, 0.717) is 19.6 Å². The molecule has 2 aromatic rings. The minimum Gasteiger partial charge on any atom is -0.347 e. The molecule has 8 heteroatoms. The molecule has 1 aromatic carbocycles. The van der Waals surface area contributed by atoms with Crippen molar-refractivity contribution in [3.8, 4) is 0 Å². The Morgan fingerprint density at radius 1 is 1.20 bits per heavy atom. The van der Waals surface area contributed by atoms with Crippen LogP contribution < -0.4 is 5.32 Å². The number of amides is 1. The first-order valence-electron chi connectivity index (χ1n) is 8.09. The monoisotopic (exact) mass is 398 g/mol. The lowest BCUT2D eigenvalue weighted by Crippen LogP contribution is -2.36. The second-order valence-electron chi connectivity index (χ2n) is 5.87. The first-order chi connectivity index (χ1) is 12.0. The molecule has 134 valence electrons. The molecule has 1 fully saturated rings. The summed E-state index contributed by atoms with van der Waals surface area (Å²) in [4.78, 5) is 13.4. The van der Waals surface area contributed by atoms with E-state index in [4.69, 9.17) is 11.6 Å². The second kappa shape index (κ2) is 7.86. The molecule has 0 bridgehead atoms. The van der Waals surface area contributed by atoms with Gasteiger partial charge in [-0.3, -0.25) is 4.79 Å². The molecule has 1 amide bonds. The number of carbonyl (C=O) groups is 1. The summed E-state index contributed by atoms with van der Waals surface area (Å²) >= 11 is 7.68. The zero-order valence-corrected chi connectivity index (χ0v) is 16.0. The molecular formula is C17H19ClN2O3S2. The lowest BCUT2D eigenvalue weighted by Gasteiger charge is -2.26. The number of carbonyl (C=O) groups excluding carboxylic acids is 1. The third kappa shape index (κ3) is 4.23. The molecule has 0 saturated carbocycles. The Balaban J connectivity index is 1.81. The van der Waals surface area contributed by atoms with Crippen molar-refractivity contribution in [3.05, 3.63) is 51.2 Å². The molecule has 0 atom stereocenters. The summed E-state index contributed by atoms with van der Waals surface area (Å²) in [5.41, 5.74) is 0.288. The maximum atomic E-state index is 12.8. The van der Waals surface area contributed by atoms with Gasteiger partial charge in [0.2, 0.25) is 10.0 Å². The van der Waals surface area contributed by atoms with Crippen LogP contribution in [0, 0.1) is 0 Å². The van der Waals surface area contributed by atoms with Crippen molar-refractivity contribution >= 4 is 38.9 Å². The van der Waals surface area contributed by atoms with Crippen LogP contribution in [0.3, 0.4) is 0 Å². The molecule has 1 aromatic heterocycles. The van der Waals surface area contributed by atoms with Crippen molar-refractivity contribution in [2.24, 2.45) is 0 Å². The first-order valence-corrected chi connectivity index (χ1v) is 10.8. The van der Waals surface area contributed by atoms with Crippen LogP contribution >= 0.6 is 22.9 Å². The Hall–Kier alpha value is -1.41. The molecule has 0 unspecified atom stereocenters. The fourth-order valence-corrected chi connectivity index (χ4v) is 5.43. The maximum Gasteiger partial charge on any atom is 0.251 e. The van der Waals surface area contributed by atoms with Crippen LogP contribution in [0.2, 0.25) is 5.02 Å². The molecule has 0 spiro atoms. The van der Waals surface area contributed by atoms with Crippen molar-refractivity contribution in [1.29, 1.82) is 0 Å². The topological polar surface area (TPSA) is 66.5 Å². The van der Waals surface area contributed by atoms with E-state index >= 15 is 0 Å². The number of thiophene rings is 1. The predicted octanol–water partition coefficient (Wildman–Crippen LogP) is 3.51. The van der Waals surface area contributed by atoms with Crippen LogP contribution in [0.4, 0.5) is 0 Å². The fraction of sp³-hybridized carbons (Fsp3) is 0.353. The third-order valence-electron chi connectivity index (χ3n) is 4.13. The third-order valence-corrected chi connectivity index (χ3v) is 7.39. The van der Waals surface area contributed by atoms with Gasteiger partial charge in [-0.05, 0) is 42.5 Å². The van der Waals surface area contributed by atoms with E-state index in [9.17, 15) is 13.2 Å². The first kappa shape index (κ1) is 18.4. The Bertz CT molecular complexity index is 845. The van der Waals surface area contributed by atoms with Gasteiger partial charge < -0.3 is 5.32 Å². The van der Waals surface area contributed by atoms with Gasteiger partial charge >= 0.3 is 0 Å². The molecule has 2 heterocycles. The van der Waals surface area contributed by atoms with Crippen molar-refractivity contribution in [3.63, 3.8) is 0 Å². The summed E-state index contributed by atoms with van der Waals surface area (Å²) in [5, 5.41) is 4.88. The van der Waals surface area contributed by atoms with Gasteiger partial charge in [0.05, 0.1) is 11.6 Å². The number of hydrogen-bond donors (Lipinski definition) is 1. The number of sulfonamides is 1. The minimum absolute atomic E-state index is 0.000148. The van der Waals surface area contributed by atoms with Crippen LogP contribution in [-0.4, -0.2) is 31.7 Å². The Morgan fingerprint density at radius 3 is 2.64 bits per heavy atom. The summed E-state index contributed by atoms with van der Waals surface area (Å²) in [6, 6.07) is 8.23. The molecule has 0 radical (unpaired) electrons. The van der Waals surface area contributed by atoms with E-state index in [2.05, 4.69) is 5.32 Å².